The number of carbonyl (C=O) groups is 1. The smallest absolute Gasteiger partial charge is 0.219 e. The highest BCUT2D eigenvalue weighted by atomic mass is 16.1. The number of hydrogen-bond donors (Lipinski definition) is 1. The molecule has 0 aliphatic carbocycles. The molecule has 88 valence electrons. The number of aryl methyl sites for hydroxylation is 2. The van der Waals surface area contributed by atoms with Crippen LogP contribution in [0.1, 0.15) is 12.1 Å². The summed E-state index contributed by atoms with van der Waals surface area (Å²) in [6.07, 6.45) is 3.90. The highest BCUT2D eigenvalue weighted by Crippen LogP contribution is 2.15. The van der Waals surface area contributed by atoms with Crippen molar-refractivity contribution in [2.75, 3.05) is 0 Å². The van der Waals surface area contributed by atoms with Crippen LogP contribution in [0.4, 0.5) is 0 Å². The highest BCUT2D eigenvalue weighted by molar-refractivity contribution is 5.73. The van der Waals surface area contributed by atoms with Gasteiger partial charge < -0.3 is 5.73 Å². The third-order valence-corrected chi connectivity index (χ3v) is 2.40. The number of nitrogens with zero attached hydrogens (tertiary/aromatic N) is 3. The Morgan fingerprint density at radius 3 is 3.00 bits per heavy atom. The van der Waals surface area contributed by atoms with Crippen molar-refractivity contribution in [2.45, 2.75) is 19.9 Å². The number of primary amides is 1. The Hall–Kier alpha value is -2.17. The molecule has 0 spiro atoms. The summed E-state index contributed by atoms with van der Waals surface area (Å²) < 4.78 is 1.70. The fourth-order valence-corrected chi connectivity index (χ4v) is 1.55. The van der Waals surface area contributed by atoms with Gasteiger partial charge in [-0.05, 0) is 19.1 Å². The molecule has 5 heteroatoms. The minimum Gasteiger partial charge on any atom is -0.370 e. The van der Waals surface area contributed by atoms with Crippen LogP contribution in [0.5, 0.6) is 0 Å². The standard InChI is InChI=1S/C12H14N4O/c1-9-3-2-4-11(15-9)10-7-14-16(8-10)6-5-12(13)17/h2-4,7-8H,5-6H2,1H3,(H2,13,17). The van der Waals surface area contributed by atoms with Crippen molar-refractivity contribution in [3.05, 3.63) is 36.3 Å². The van der Waals surface area contributed by atoms with E-state index in [1.54, 1.807) is 10.9 Å². The molecule has 0 unspecified atom stereocenters. The first-order valence-electron chi connectivity index (χ1n) is 5.40. The van der Waals surface area contributed by atoms with Crippen LogP contribution in [0, 0.1) is 6.92 Å². The fraction of sp³-hybridized carbons (Fsp3) is 0.250. The molecule has 0 atom stereocenters. The number of hydrogen-bond acceptors (Lipinski definition) is 3. The second kappa shape index (κ2) is 4.78. The lowest BCUT2D eigenvalue weighted by atomic mass is 10.2. The summed E-state index contributed by atoms with van der Waals surface area (Å²) in [7, 11) is 0. The minimum atomic E-state index is -0.323. The maximum atomic E-state index is 10.7. The van der Waals surface area contributed by atoms with E-state index in [0.29, 0.717) is 13.0 Å². The van der Waals surface area contributed by atoms with E-state index in [0.717, 1.165) is 17.0 Å². The monoisotopic (exact) mass is 230 g/mol. The second-order valence-electron chi connectivity index (χ2n) is 3.87. The van der Waals surface area contributed by atoms with E-state index in [1.807, 2.05) is 31.3 Å². The molecule has 2 N–H and O–H groups in total. The number of rotatable bonds is 4. The van der Waals surface area contributed by atoms with Gasteiger partial charge in [-0.1, -0.05) is 6.07 Å². The lowest BCUT2D eigenvalue weighted by Gasteiger charge is -1.98. The SMILES string of the molecule is Cc1cccc(-c2cnn(CCC(N)=O)c2)n1. The van der Waals surface area contributed by atoms with E-state index in [9.17, 15) is 4.79 Å². The van der Waals surface area contributed by atoms with Crippen molar-refractivity contribution in [3.63, 3.8) is 0 Å². The van der Waals surface area contributed by atoms with Crippen molar-refractivity contribution in [2.24, 2.45) is 5.73 Å². The molecular weight excluding hydrogens is 216 g/mol. The van der Waals surface area contributed by atoms with Crippen LogP contribution in [0.15, 0.2) is 30.6 Å². The van der Waals surface area contributed by atoms with Gasteiger partial charge in [0, 0.05) is 30.4 Å². The summed E-state index contributed by atoms with van der Waals surface area (Å²) in [5, 5.41) is 4.16. The quantitative estimate of drug-likeness (QED) is 0.855. The molecule has 2 rings (SSSR count). The van der Waals surface area contributed by atoms with Gasteiger partial charge in [-0.2, -0.15) is 5.10 Å². The number of amides is 1. The molecule has 0 radical (unpaired) electrons. The van der Waals surface area contributed by atoms with Crippen LogP contribution in [0.2, 0.25) is 0 Å². The van der Waals surface area contributed by atoms with Crippen molar-refractivity contribution >= 4 is 5.91 Å². The summed E-state index contributed by atoms with van der Waals surface area (Å²) in [4.78, 5) is 15.1. The largest absolute Gasteiger partial charge is 0.370 e. The Kier molecular flexibility index (Phi) is 3.18. The van der Waals surface area contributed by atoms with Crippen LogP contribution < -0.4 is 5.73 Å². The van der Waals surface area contributed by atoms with Gasteiger partial charge in [-0.15, -0.1) is 0 Å². The van der Waals surface area contributed by atoms with Gasteiger partial charge in [-0.3, -0.25) is 14.5 Å². The third kappa shape index (κ3) is 2.90. The molecule has 0 aromatic carbocycles. The summed E-state index contributed by atoms with van der Waals surface area (Å²) in [6.45, 7) is 2.45. The zero-order valence-corrected chi connectivity index (χ0v) is 9.63. The average Bonchev–Trinajstić information content (AvgIpc) is 2.75. The molecule has 2 aromatic heterocycles. The van der Waals surface area contributed by atoms with Crippen LogP contribution >= 0.6 is 0 Å². The van der Waals surface area contributed by atoms with Crippen molar-refractivity contribution < 1.29 is 4.79 Å². The normalized spacial score (nSPS) is 10.4. The Balaban J connectivity index is 2.15. The Labute approximate surface area is 99.3 Å². The topological polar surface area (TPSA) is 73.8 Å². The molecule has 0 fully saturated rings. The fourth-order valence-electron chi connectivity index (χ4n) is 1.55. The molecule has 2 aromatic rings. The molecule has 2 heterocycles. The lowest BCUT2D eigenvalue weighted by molar-refractivity contribution is -0.118. The van der Waals surface area contributed by atoms with E-state index in [1.165, 1.54) is 0 Å². The molecule has 0 saturated carbocycles. The zero-order valence-electron chi connectivity index (χ0n) is 9.63. The van der Waals surface area contributed by atoms with Crippen LogP contribution in [0.3, 0.4) is 0 Å². The maximum Gasteiger partial charge on any atom is 0.219 e. The van der Waals surface area contributed by atoms with Crippen molar-refractivity contribution in [3.8, 4) is 11.3 Å². The van der Waals surface area contributed by atoms with E-state index in [-0.39, 0.29) is 5.91 Å². The molecule has 5 nitrogen and oxygen atoms in total. The van der Waals surface area contributed by atoms with E-state index < -0.39 is 0 Å². The summed E-state index contributed by atoms with van der Waals surface area (Å²) in [5.74, 6) is -0.323. The number of carbonyl (C=O) groups excluding carboxylic acids is 1. The van der Waals surface area contributed by atoms with Gasteiger partial charge in [0.05, 0.1) is 11.9 Å². The predicted octanol–water partition coefficient (Wildman–Crippen LogP) is 1.13. The predicted molar refractivity (Wildman–Crippen MR) is 64.0 cm³/mol. The molecule has 0 saturated heterocycles. The van der Waals surface area contributed by atoms with Crippen LogP contribution in [0.25, 0.3) is 11.3 Å². The van der Waals surface area contributed by atoms with Crippen LogP contribution in [-0.4, -0.2) is 20.7 Å². The molecular formula is C12H14N4O. The molecule has 0 aliphatic rings. The molecule has 17 heavy (non-hydrogen) atoms. The van der Waals surface area contributed by atoms with Gasteiger partial charge >= 0.3 is 0 Å². The number of aromatic nitrogens is 3. The summed E-state index contributed by atoms with van der Waals surface area (Å²) in [5.41, 5.74) is 7.88. The Morgan fingerprint density at radius 2 is 2.29 bits per heavy atom. The summed E-state index contributed by atoms with van der Waals surface area (Å²) in [6, 6.07) is 5.84. The summed E-state index contributed by atoms with van der Waals surface area (Å²) >= 11 is 0. The third-order valence-electron chi connectivity index (χ3n) is 2.40. The first kappa shape index (κ1) is 11.3. The van der Waals surface area contributed by atoms with E-state index >= 15 is 0 Å². The van der Waals surface area contributed by atoms with Gasteiger partial charge in [0.1, 0.15) is 0 Å². The van der Waals surface area contributed by atoms with E-state index in [2.05, 4.69) is 10.1 Å². The van der Waals surface area contributed by atoms with Gasteiger partial charge in [0.25, 0.3) is 0 Å². The lowest BCUT2D eigenvalue weighted by Crippen LogP contribution is -2.13. The average molecular weight is 230 g/mol. The second-order valence-corrected chi connectivity index (χ2v) is 3.87. The first-order valence-corrected chi connectivity index (χ1v) is 5.40. The minimum absolute atomic E-state index is 0.294. The van der Waals surface area contributed by atoms with Gasteiger partial charge in [-0.25, -0.2) is 0 Å². The first-order chi connectivity index (χ1) is 8.15. The number of pyridine rings is 1. The zero-order chi connectivity index (χ0) is 12.3. The molecule has 1 amide bonds. The van der Waals surface area contributed by atoms with Gasteiger partial charge in [0.15, 0.2) is 0 Å². The highest BCUT2D eigenvalue weighted by Gasteiger charge is 2.04. The number of nitrogens with two attached hydrogens (primary N) is 1. The van der Waals surface area contributed by atoms with Gasteiger partial charge in [0.2, 0.25) is 5.91 Å². The Bertz CT molecular complexity index is 533. The maximum absolute atomic E-state index is 10.7. The van der Waals surface area contributed by atoms with E-state index in [4.69, 9.17) is 5.73 Å². The van der Waals surface area contributed by atoms with Crippen molar-refractivity contribution in [1.82, 2.24) is 14.8 Å². The molecule has 0 aliphatic heterocycles. The van der Waals surface area contributed by atoms with Crippen LogP contribution in [-0.2, 0) is 11.3 Å². The van der Waals surface area contributed by atoms with Crippen molar-refractivity contribution in [1.29, 1.82) is 0 Å². The Morgan fingerprint density at radius 1 is 1.47 bits per heavy atom. The molecule has 0 bridgehead atoms.